The van der Waals surface area contributed by atoms with Gasteiger partial charge in [-0.3, -0.25) is 4.79 Å². The van der Waals surface area contributed by atoms with E-state index in [1.54, 1.807) is 12.1 Å². The number of azide groups is 1. The number of rotatable bonds is 5. The van der Waals surface area contributed by atoms with Gasteiger partial charge in [0.05, 0.1) is 11.4 Å². The Morgan fingerprint density at radius 3 is 2.67 bits per heavy atom. The molecule has 0 aliphatic rings. The van der Waals surface area contributed by atoms with E-state index in [9.17, 15) is 4.79 Å². The van der Waals surface area contributed by atoms with Crippen molar-refractivity contribution in [3.8, 4) is 11.3 Å². The molecule has 0 aliphatic carbocycles. The van der Waals surface area contributed by atoms with Crippen LogP contribution in [0.3, 0.4) is 0 Å². The Morgan fingerprint density at radius 2 is 1.96 bits per heavy atom. The van der Waals surface area contributed by atoms with Crippen LogP contribution in [0, 0.1) is 0 Å². The topological polar surface area (TPSA) is 107 Å². The van der Waals surface area contributed by atoms with Gasteiger partial charge in [-0.25, -0.2) is 5.10 Å². The van der Waals surface area contributed by atoms with Crippen LogP contribution in [0.15, 0.2) is 70.6 Å². The Bertz CT molecular complexity index is 924. The molecule has 3 aromatic rings. The molecule has 0 bridgehead atoms. The van der Waals surface area contributed by atoms with Crippen LogP contribution in [0.4, 0.5) is 11.4 Å². The summed E-state index contributed by atoms with van der Waals surface area (Å²) in [5, 5.41) is 13.4. The summed E-state index contributed by atoms with van der Waals surface area (Å²) in [5.41, 5.74) is 12.2. The van der Waals surface area contributed by atoms with Gasteiger partial charge in [-0.1, -0.05) is 41.5 Å². The van der Waals surface area contributed by atoms with E-state index in [1.807, 2.05) is 42.5 Å². The van der Waals surface area contributed by atoms with Crippen LogP contribution >= 0.6 is 0 Å². The van der Waals surface area contributed by atoms with Crippen molar-refractivity contribution in [3.63, 3.8) is 0 Å². The molecule has 2 N–H and O–H groups in total. The molecular weight excluding hydrogens is 304 g/mol. The maximum atomic E-state index is 11.1. The molecule has 1 heterocycles. The molecule has 2 aromatic carbocycles. The number of benzene rings is 2. The average Bonchev–Trinajstić information content (AvgIpc) is 2.62. The summed E-state index contributed by atoms with van der Waals surface area (Å²) in [6.45, 7) is 0.616. The first-order chi connectivity index (χ1) is 11.8. The number of nitrogens with zero attached hydrogens (tertiary/aromatic N) is 4. The fourth-order valence-electron chi connectivity index (χ4n) is 2.27. The Morgan fingerprint density at radius 1 is 1.12 bits per heavy atom. The van der Waals surface area contributed by atoms with Crippen molar-refractivity contribution in [2.24, 2.45) is 5.11 Å². The first kappa shape index (κ1) is 15.3. The summed E-state index contributed by atoms with van der Waals surface area (Å²) in [7, 11) is 0. The van der Waals surface area contributed by atoms with E-state index in [4.69, 9.17) is 5.53 Å². The standard InChI is InChI=1S/C17H14N6O/c18-23-21-16-10-13(14-8-9-17(24)22-20-14)6-7-15(16)19-11-12-4-2-1-3-5-12/h1-10,19H,11H2,(H,22,24). The number of H-pyrrole nitrogens is 1. The van der Waals surface area contributed by atoms with Gasteiger partial charge in [-0.2, -0.15) is 5.10 Å². The van der Waals surface area contributed by atoms with E-state index in [0.717, 1.165) is 16.8 Å². The van der Waals surface area contributed by atoms with Crippen molar-refractivity contribution in [1.29, 1.82) is 0 Å². The maximum absolute atomic E-state index is 11.1. The molecule has 0 spiro atoms. The highest BCUT2D eigenvalue weighted by molar-refractivity contribution is 5.74. The van der Waals surface area contributed by atoms with E-state index in [1.165, 1.54) is 6.07 Å². The van der Waals surface area contributed by atoms with Crippen LogP contribution in [0.1, 0.15) is 5.56 Å². The third kappa shape index (κ3) is 3.60. The molecule has 7 nitrogen and oxygen atoms in total. The molecule has 3 rings (SSSR count). The van der Waals surface area contributed by atoms with Gasteiger partial charge in [0.15, 0.2) is 0 Å². The monoisotopic (exact) mass is 318 g/mol. The van der Waals surface area contributed by atoms with Gasteiger partial charge in [-0.15, -0.1) is 0 Å². The second-order valence-electron chi connectivity index (χ2n) is 5.07. The number of aromatic amines is 1. The highest BCUT2D eigenvalue weighted by Gasteiger charge is 2.06. The number of hydrogen-bond donors (Lipinski definition) is 2. The van der Waals surface area contributed by atoms with Crippen LogP contribution in [0.5, 0.6) is 0 Å². The first-order valence-electron chi connectivity index (χ1n) is 7.29. The van der Waals surface area contributed by atoms with Gasteiger partial charge in [0.1, 0.15) is 0 Å². The molecule has 0 saturated carbocycles. The summed E-state index contributed by atoms with van der Waals surface area (Å²) in [6, 6.07) is 18.3. The number of aromatic nitrogens is 2. The molecule has 0 radical (unpaired) electrons. The smallest absolute Gasteiger partial charge is 0.264 e. The third-order valence-corrected chi connectivity index (χ3v) is 3.45. The van der Waals surface area contributed by atoms with Gasteiger partial charge < -0.3 is 5.32 Å². The van der Waals surface area contributed by atoms with E-state index in [0.29, 0.717) is 17.9 Å². The molecule has 0 saturated heterocycles. The van der Waals surface area contributed by atoms with Crippen LogP contribution in [-0.2, 0) is 6.54 Å². The summed E-state index contributed by atoms with van der Waals surface area (Å²) in [5.74, 6) is 0. The Hall–Kier alpha value is -3.57. The molecule has 0 amide bonds. The highest BCUT2D eigenvalue weighted by atomic mass is 16.1. The van der Waals surface area contributed by atoms with Gasteiger partial charge in [0.2, 0.25) is 0 Å². The van der Waals surface area contributed by atoms with E-state index < -0.39 is 0 Å². The normalized spacial score (nSPS) is 10.0. The van der Waals surface area contributed by atoms with Gasteiger partial charge in [0.25, 0.3) is 5.56 Å². The molecule has 24 heavy (non-hydrogen) atoms. The molecule has 118 valence electrons. The lowest BCUT2D eigenvalue weighted by Gasteiger charge is -2.11. The predicted octanol–water partition coefficient (Wildman–Crippen LogP) is 3.99. The van der Waals surface area contributed by atoms with Crippen molar-refractivity contribution in [3.05, 3.63) is 87.0 Å². The largest absolute Gasteiger partial charge is 0.381 e. The fourth-order valence-corrected chi connectivity index (χ4v) is 2.27. The van der Waals surface area contributed by atoms with E-state index >= 15 is 0 Å². The molecule has 1 aromatic heterocycles. The maximum Gasteiger partial charge on any atom is 0.264 e. The minimum absolute atomic E-state index is 0.268. The molecular formula is C17H14N6O. The molecule has 0 atom stereocenters. The Labute approximate surface area is 137 Å². The predicted molar refractivity (Wildman–Crippen MR) is 92.9 cm³/mol. The zero-order valence-corrected chi connectivity index (χ0v) is 12.7. The summed E-state index contributed by atoms with van der Waals surface area (Å²) < 4.78 is 0. The number of hydrogen-bond acceptors (Lipinski definition) is 4. The highest BCUT2D eigenvalue weighted by Crippen LogP contribution is 2.30. The fraction of sp³-hybridized carbons (Fsp3) is 0.0588. The number of anilines is 1. The second-order valence-corrected chi connectivity index (χ2v) is 5.07. The van der Waals surface area contributed by atoms with Crippen LogP contribution in [0.25, 0.3) is 21.7 Å². The summed E-state index contributed by atoms with van der Waals surface area (Å²) >= 11 is 0. The van der Waals surface area contributed by atoms with Crippen LogP contribution < -0.4 is 10.9 Å². The quantitative estimate of drug-likeness (QED) is 0.422. The third-order valence-electron chi connectivity index (χ3n) is 3.45. The Kier molecular flexibility index (Phi) is 4.55. The van der Waals surface area contributed by atoms with Crippen LogP contribution in [-0.4, -0.2) is 10.2 Å². The zero-order chi connectivity index (χ0) is 16.8. The van der Waals surface area contributed by atoms with Gasteiger partial charge in [0, 0.05) is 28.8 Å². The lowest BCUT2D eigenvalue weighted by Crippen LogP contribution is -2.05. The summed E-state index contributed by atoms with van der Waals surface area (Å²) in [4.78, 5) is 14.0. The van der Waals surface area contributed by atoms with Crippen molar-refractivity contribution in [1.82, 2.24) is 10.2 Å². The van der Waals surface area contributed by atoms with Gasteiger partial charge >= 0.3 is 0 Å². The first-order valence-corrected chi connectivity index (χ1v) is 7.29. The van der Waals surface area contributed by atoms with Crippen molar-refractivity contribution in [2.45, 2.75) is 6.54 Å². The molecule has 0 fully saturated rings. The number of nitrogens with one attached hydrogen (secondary N) is 2. The van der Waals surface area contributed by atoms with Crippen LogP contribution in [0.2, 0.25) is 0 Å². The Balaban J connectivity index is 1.88. The molecule has 0 unspecified atom stereocenters. The summed E-state index contributed by atoms with van der Waals surface area (Å²) in [6.07, 6.45) is 0. The van der Waals surface area contributed by atoms with Crippen molar-refractivity contribution in [2.75, 3.05) is 5.32 Å². The molecule has 7 heteroatoms. The lowest BCUT2D eigenvalue weighted by molar-refractivity contribution is 0.995. The minimum Gasteiger partial charge on any atom is -0.381 e. The van der Waals surface area contributed by atoms with E-state index in [2.05, 4.69) is 25.5 Å². The molecule has 0 aliphatic heterocycles. The lowest BCUT2D eigenvalue weighted by atomic mass is 10.1. The average molecular weight is 318 g/mol. The zero-order valence-electron chi connectivity index (χ0n) is 12.7. The van der Waals surface area contributed by atoms with Crippen molar-refractivity contribution < 1.29 is 0 Å². The second kappa shape index (κ2) is 7.13. The van der Waals surface area contributed by atoms with Gasteiger partial charge in [-0.05, 0) is 29.3 Å². The minimum atomic E-state index is -0.268. The SMILES string of the molecule is [N-]=[N+]=Nc1cc(-c2ccc(=O)[nH]n2)ccc1NCc1ccccc1. The van der Waals surface area contributed by atoms with E-state index in [-0.39, 0.29) is 5.56 Å². The van der Waals surface area contributed by atoms with Crippen molar-refractivity contribution >= 4 is 11.4 Å².